The van der Waals surface area contributed by atoms with Crippen molar-refractivity contribution in [3.05, 3.63) is 47.9 Å². The molecule has 0 atom stereocenters. The summed E-state index contributed by atoms with van der Waals surface area (Å²) in [5, 5.41) is 10.1. The molecule has 4 heterocycles. The van der Waals surface area contributed by atoms with E-state index in [9.17, 15) is 18.0 Å². The van der Waals surface area contributed by atoms with Crippen LogP contribution in [0, 0.1) is 0 Å². The lowest BCUT2D eigenvalue weighted by atomic mass is 9.98. The van der Waals surface area contributed by atoms with Crippen molar-refractivity contribution in [1.82, 2.24) is 34.9 Å². The van der Waals surface area contributed by atoms with E-state index in [1.165, 1.54) is 18.3 Å². The van der Waals surface area contributed by atoms with Crippen LogP contribution in [0.2, 0.25) is 0 Å². The van der Waals surface area contributed by atoms with Crippen LogP contribution in [-0.2, 0) is 12.7 Å². The molecule has 3 aromatic rings. The number of carbonyl (C=O) groups excluding carboxylic acids is 1. The molecule has 1 aromatic carbocycles. The molecule has 40 heavy (non-hydrogen) atoms. The van der Waals surface area contributed by atoms with Gasteiger partial charge in [-0.1, -0.05) is 6.07 Å². The molecule has 0 saturated carbocycles. The first-order chi connectivity index (χ1) is 18.9. The molecule has 2 aliphatic heterocycles. The molecule has 0 spiro atoms. The Hall–Kier alpha value is -3.87. The first-order valence-corrected chi connectivity index (χ1v) is 13.2. The quantitative estimate of drug-likeness (QED) is 0.434. The Bertz CT molecular complexity index is 1370. The summed E-state index contributed by atoms with van der Waals surface area (Å²) in [6, 6.07) is 4.34. The average molecular weight is 559 g/mol. The van der Waals surface area contributed by atoms with Crippen LogP contribution in [0.1, 0.15) is 44.4 Å². The molecule has 10 nitrogen and oxygen atoms in total. The van der Waals surface area contributed by atoms with E-state index in [1.54, 1.807) is 37.9 Å². The summed E-state index contributed by atoms with van der Waals surface area (Å²) in [4.78, 5) is 24.8. The number of nitrogens with one attached hydrogen (secondary N) is 2. The van der Waals surface area contributed by atoms with Crippen molar-refractivity contribution < 1.29 is 22.7 Å². The number of urea groups is 1. The van der Waals surface area contributed by atoms with Crippen LogP contribution in [-0.4, -0.2) is 74.4 Å². The summed E-state index contributed by atoms with van der Waals surface area (Å²) < 4.78 is 51.5. The number of anilines is 2. The molecule has 5 rings (SSSR count). The van der Waals surface area contributed by atoms with Crippen molar-refractivity contribution in [3.63, 3.8) is 0 Å². The summed E-state index contributed by atoms with van der Waals surface area (Å²) in [5.74, 6) is -0.133. The third-order valence-electron chi connectivity index (χ3n) is 6.72. The first kappa shape index (κ1) is 27.7. The van der Waals surface area contributed by atoms with Crippen LogP contribution < -0.4 is 15.4 Å². The maximum absolute atomic E-state index is 14.6. The van der Waals surface area contributed by atoms with Crippen molar-refractivity contribution in [2.24, 2.45) is 0 Å². The van der Waals surface area contributed by atoms with Gasteiger partial charge < -0.3 is 25.2 Å². The van der Waals surface area contributed by atoms with Crippen molar-refractivity contribution in [3.8, 4) is 17.0 Å². The molecule has 2 aromatic heterocycles. The number of alkyl halides is 3. The Morgan fingerprint density at radius 1 is 1.15 bits per heavy atom. The molecular formula is C27H33F3N8O2. The van der Waals surface area contributed by atoms with Gasteiger partial charge in [-0.3, -0.25) is 4.68 Å². The summed E-state index contributed by atoms with van der Waals surface area (Å²) in [5.41, 5.74) is -0.881. The monoisotopic (exact) mass is 558 g/mol. The highest BCUT2D eigenvalue weighted by Crippen LogP contribution is 2.45. The second kappa shape index (κ2) is 10.6. The van der Waals surface area contributed by atoms with Gasteiger partial charge in [0.25, 0.3) is 0 Å². The van der Waals surface area contributed by atoms with E-state index in [-0.39, 0.29) is 41.1 Å². The van der Waals surface area contributed by atoms with Crippen LogP contribution >= 0.6 is 0 Å². The van der Waals surface area contributed by atoms with E-state index in [0.29, 0.717) is 24.8 Å². The van der Waals surface area contributed by atoms with E-state index in [0.717, 1.165) is 19.5 Å². The van der Waals surface area contributed by atoms with Crippen LogP contribution in [0.5, 0.6) is 5.75 Å². The smallest absolute Gasteiger partial charge is 0.420 e. The number of hydrogen-bond donors (Lipinski definition) is 2. The number of nitrogens with zero attached hydrogens (tertiary/aromatic N) is 6. The number of rotatable bonds is 7. The lowest BCUT2D eigenvalue weighted by Crippen LogP contribution is -2.47. The summed E-state index contributed by atoms with van der Waals surface area (Å²) in [6.07, 6.45) is 1.13. The second-order valence-corrected chi connectivity index (χ2v) is 11.2. The predicted octanol–water partition coefficient (Wildman–Crippen LogP) is 4.68. The number of likely N-dealkylation sites (tertiary alicyclic amines) is 2. The standard InChI is InChI=1S/C27H33F3N8O2/c1-26(2,3)40-23-20(7-6-17(22(23)27(28,29)30)12-32-25(39)37-10-5-11-37)21-8-9-31-24(35-21)34-18-13-33-38(14-18)19-15-36(4)16-19/h6-9,13-14,19H,5,10-12,15-16H2,1-4H3,(H,32,39)(H,31,34,35). The number of aromatic nitrogens is 4. The zero-order valence-electron chi connectivity index (χ0n) is 22.9. The molecule has 2 aliphatic rings. The number of ether oxygens (including phenoxy) is 1. The molecule has 2 N–H and O–H groups in total. The van der Waals surface area contributed by atoms with Gasteiger partial charge >= 0.3 is 12.2 Å². The van der Waals surface area contributed by atoms with Crippen molar-refractivity contribution in [2.45, 2.75) is 51.6 Å². The second-order valence-electron chi connectivity index (χ2n) is 11.2. The molecule has 2 amide bonds. The summed E-state index contributed by atoms with van der Waals surface area (Å²) >= 11 is 0. The predicted molar refractivity (Wildman–Crippen MR) is 143 cm³/mol. The highest BCUT2D eigenvalue weighted by molar-refractivity contribution is 5.76. The molecule has 0 radical (unpaired) electrons. The van der Waals surface area contributed by atoms with Gasteiger partial charge in [0.15, 0.2) is 0 Å². The highest BCUT2D eigenvalue weighted by atomic mass is 19.4. The fraction of sp³-hybridized carbons (Fsp3) is 0.481. The number of likely N-dealkylation sites (N-methyl/N-ethyl adjacent to an activating group) is 1. The maximum Gasteiger partial charge on any atom is 0.420 e. The summed E-state index contributed by atoms with van der Waals surface area (Å²) in [7, 11) is 2.04. The Morgan fingerprint density at radius 3 is 2.52 bits per heavy atom. The van der Waals surface area contributed by atoms with E-state index in [1.807, 2.05) is 17.9 Å². The van der Waals surface area contributed by atoms with Crippen LogP contribution in [0.3, 0.4) is 0 Å². The van der Waals surface area contributed by atoms with Crippen molar-refractivity contribution in [2.75, 3.05) is 38.5 Å². The average Bonchev–Trinajstić information content (AvgIpc) is 3.25. The number of carbonyl (C=O) groups is 1. The van der Waals surface area contributed by atoms with Gasteiger partial charge in [0.2, 0.25) is 5.95 Å². The normalized spacial score (nSPS) is 16.3. The number of hydrogen-bond acceptors (Lipinski definition) is 7. The first-order valence-electron chi connectivity index (χ1n) is 13.2. The van der Waals surface area contributed by atoms with Gasteiger partial charge in [-0.25, -0.2) is 14.8 Å². The molecule has 13 heteroatoms. The zero-order valence-corrected chi connectivity index (χ0v) is 22.9. The van der Waals surface area contributed by atoms with E-state index in [2.05, 4.69) is 30.6 Å². The molecule has 0 bridgehead atoms. The van der Waals surface area contributed by atoms with E-state index < -0.39 is 17.3 Å². The summed E-state index contributed by atoms with van der Waals surface area (Å²) in [6.45, 7) is 7.75. The Morgan fingerprint density at radius 2 is 1.90 bits per heavy atom. The SMILES string of the molecule is CN1CC(n2cc(Nc3nccc(-c4ccc(CNC(=O)N5CCC5)c(C(F)(F)F)c4OC(C)(C)C)n3)cn2)C1. The fourth-order valence-corrected chi connectivity index (χ4v) is 4.63. The molecular weight excluding hydrogens is 525 g/mol. The zero-order chi connectivity index (χ0) is 28.7. The molecule has 214 valence electrons. The molecule has 2 saturated heterocycles. The van der Waals surface area contributed by atoms with Gasteiger partial charge in [-0.05, 0) is 51.9 Å². The van der Waals surface area contributed by atoms with E-state index in [4.69, 9.17) is 4.74 Å². The maximum atomic E-state index is 14.6. The topological polar surface area (TPSA) is 100 Å². The van der Waals surface area contributed by atoms with Crippen molar-refractivity contribution in [1.29, 1.82) is 0 Å². The van der Waals surface area contributed by atoms with Crippen molar-refractivity contribution >= 4 is 17.7 Å². The Labute approximate surface area is 230 Å². The number of halogens is 3. The number of amides is 2. The minimum absolute atomic E-state index is 0.0918. The van der Waals surface area contributed by atoms with Crippen LogP contribution in [0.15, 0.2) is 36.8 Å². The van der Waals surface area contributed by atoms with Gasteiger partial charge in [-0.15, -0.1) is 0 Å². The molecule has 0 aliphatic carbocycles. The molecule has 2 fully saturated rings. The number of benzene rings is 1. The lowest BCUT2D eigenvalue weighted by molar-refractivity contribution is -0.140. The largest absolute Gasteiger partial charge is 0.487 e. The lowest BCUT2D eigenvalue weighted by Gasteiger charge is -2.36. The van der Waals surface area contributed by atoms with Crippen LogP contribution in [0.25, 0.3) is 11.3 Å². The fourth-order valence-electron chi connectivity index (χ4n) is 4.63. The third-order valence-corrected chi connectivity index (χ3v) is 6.72. The van der Waals surface area contributed by atoms with E-state index >= 15 is 0 Å². The van der Waals surface area contributed by atoms with Gasteiger partial charge in [-0.2, -0.15) is 18.3 Å². The highest BCUT2D eigenvalue weighted by Gasteiger charge is 2.40. The Balaban J connectivity index is 1.47. The minimum Gasteiger partial charge on any atom is -0.487 e. The van der Waals surface area contributed by atoms with Gasteiger partial charge in [0.05, 0.1) is 23.6 Å². The van der Waals surface area contributed by atoms with Crippen LogP contribution in [0.4, 0.5) is 29.6 Å². The van der Waals surface area contributed by atoms with Gasteiger partial charge in [0, 0.05) is 50.7 Å². The minimum atomic E-state index is -4.74. The molecule has 0 unspecified atom stereocenters. The Kier molecular flexibility index (Phi) is 7.34. The van der Waals surface area contributed by atoms with Gasteiger partial charge in [0.1, 0.15) is 16.9 Å². The third kappa shape index (κ3) is 6.14.